The van der Waals surface area contributed by atoms with Crippen LogP contribution in [0.5, 0.6) is 0 Å². The van der Waals surface area contributed by atoms with E-state index in [0.29, 0.717) is 0 Å². The van der Waals surface area contributed by atoms with Crippen molar-refractivity contribution in [3.63, 3.8) is 0 Å². The molecular weight excluding hydrogens is 424 g/mol. The largest absolute Gasteiger partial charge is 0.292 e. The molecule has 0 saturated heterocycles. The highest BCUT2D eigenvalue weighted by Gasteiger charge is 2.28. The standard InChI is InChI=1S/C33H20N2/c1-3-9-22-20(8-1)18-26-24(22)14-15-25-31(26)32-29(35-28-12-6-5-11-27(28)34-33(25)35)16-13-21-17-19-7-2-4-10-23(19)30(21)32/h1-16H,17-18H2. The first-order chi connectivity index (χ1) is 17.4. The number of benzene rings is 5. The van der Waals surface area contributed by atoms with Gasteiger partial charge in [-0.3, -0.25) is 4.40 Å². The van der Waals surface area contributed by atoms with Crippen LogP contribution < -0.4 is 0 Å². The molecule has 0 fully saturated rings. The zero-order valence-electron chi connectivity index (χ0n) is 19.0. The fourth-order valence-electron chi connectivity index (χ4n) is 6.79. The van der Waals surface area contributed by atoms with Gasteiger partial charge in [-0.1, -0.05) is 72.8 Å². The van der Waals surface area contributed by atoms with Gasteiger partial charge >= 0.3 is 0 Å². The van der Waals surface area contributed by atoms with Crippen molar-refractivity contribution in [2.24, 2.45) is 0 Å². The average molecular weight is 445 g/mol. The zero-order chi connectivity index (χ0) is 22.7. The number of pyridine rings is 1. The summed E-state index contributed by atoms with van der Waals surface area (Å²) in [4.78, 5) is 5.17. The third-order valence-electron chi connectivity index (χ3n) is 8.22. The molecular formula is C33H20N2. The molecule has 0 saturated carbocycles. The van der Waals surface area contributed by atoms with Crippen LogP contribution in [0, 0.1) is 0 Å². The maximum atomic E-state index is 5.17. The monoisotopic (exact) mass is 444 g/mol. The molecule has 2 aromatic heterocycles. The van der Waals surface area contributed by atoms with Crippen LogP contribution in [0.1, 0.15) is 22.3 Å². The van der Waals surface area contributed by atoms with E-state index < -0.39 is 0 Å². The van der Waals surface area contributed by atoms with Gasteiger partial charge in [0, 0.05) is 10.8 Å². The van der Waals surface area contributed by atoms with Crippen LogP contribution >= 0.6 is 0 Å². The van der Waals surface area contributed by atoms with E-state index in [1.165, 1.54) is 71.7 Å². The van der Waals surface area contributed by atoms with Crippen LogP contribution in [0.3, 0.4) is 0 Å². The second kappa shape index (κ2) is 6.17. The molecule has 0 amide bonds. The lowest BCUT2D eigenvalue weighted by molar-refractivity contribution is 1.26. The summed E-state index contributed by atoms with van der Waals surface area (Å²) >= 11 is 0. The second-order valence-electron chi connectivity index (χ2n) is 9.94. The van der Waals surface area contributed by atoms with Crippen LogP contribution in [0.25, 0.3) is 60.6 Å². The molecule has 35 heavy (non-hydrogen) atoms. The summed E-state index contributed by atoms with van der Waals surface area (Å²) < 4.78 is 2.39. The minimum absolute atomic E-state index is 0.972. The van der Waals surface area contributed by atoms with Gasteiger partial charge in [0.1, 0.15) is 5.65 Å². The van der Waals surface area contributed by atoms with Crippen molar-refractivity contribution in [2.45, 2.75) is 12.8 Å². The number of nitrogens with zero attached hydrogens (tertiary/aromatic N) is 2. The summed E-state index contributed by atoms with van der Waals surface area (Å²) in [5.41, 5.74) is 15.8. The van der Waals surface area contributed by atoms with Gasteiger partial charge in [-0.05, 0) is 87.0 Å². The Kier molecular flexibility index (Phi) is 3.16. The van der Waals surface area contributed by atoms with E-state index in [2.05, 4.69) is 101 Å². The van der Waals surface area contributed by atoms with Crippen molar-refractivity contribution < 1.29 is 0 Å². The van der Waals surface area contributed by atoms with Crippen molar-refractivity contribution in [1.82, 2.24) is 9.38 Å². The number of hydrogen-bond donors (Lipinski definition) is 0. The molecule has 5 aromatic carbocycles. The molecule has 0 spiro atoms. The van der Waals surface area contributed by atoms with Gasteiger partial charge < -0.3 is 0 Å². The highest BCUT2D eigenvalue weighted by atomic mass is 15.0. The fourth-order valence-corrected chi connectivity index (χ4v) is 6.79. The molecule has 162 valence electrons. The lowest BCUT2D eigenvalue weighted by Crippen LogP contribution is -1.97. The van der Waals surface area contributed by atoms with Crippen LogP contribution in [0.15, 0.2) is 97.1 Å². The Morgan fingerprint density at radius 2 is 1.31 bits per heavy atom. The number of fused-ring (bicyclic) bond motifs is 16. The topological polar surface area (TPSA) is 17.3 Å². The maximum Gasteiger partial charge on any atom is 0.146 e. The Bertz CT molecular complexity index is 2060. The van der Waals surface area contributed by atoms with Crippen molar-refractivity contribution >= 4 is 38.4 Å². The maximum absolute atomic E-state index is 5.17. The second-order valence-corrected chi connectivity index (χ2v) is 9.94. The summed E-state index contributed by atoms with van der Waals surface area (Å²) in [6, 6.07) is 35.7. The van der Waals surface area contributed by atoms with E-state index in [-0.39, 0.29) is 0 Å². The minimum Gasteiger partial charge on any atom is -0.292 e. The Hall–Kier alpha value is -4.43. The van der Waals surface area contributed by atoms with Gasteiger partial charge in [0.05, 0.1) is 16.6 Å². The molecule has 2 heterocycles. The lowest BCUT2D eigenvalue weighted by Gasteiger charge is -2.16. The van der Waals surface area contributed by atoms with E-state index >= 15 is 0 Å². The Morgan fingerprint density at radius 1 is 0.543 bits per heavy atom. The normalized spacial score (nSPS) is 13.5. The van der Waals surface area contributed by atoms with Gasteiger partial charge in [0.2, 0.25) is 0 Å². The number of hydrogen-bond acceptors (Lipinski definition) is 1. The van der Waals surface area contributed by atoms with Gasteiger partial charge in [0.15, 0.2) is 0 Å². The third-order valence-corrected chi connectivity index (χ3v) is 8.22. The first-order valence-electron chi connectivity index (χ1n) is 12.3. The Labute approximate surface area is 202 Å². The molecule has 0 atom stereocenters. The smallest absolute Gasteiger partial charge is 0.146 e. The SMILES string of the molecule is c1ccc2c(c1)Cc1c-2ccc2c1c1c3c(ccc1n1c4ccccc4nc21)Cc1ccccc1-3. The summed E-state index contributed by atoms with van der Waals surface area (Å²) in [5.74, 6) is 0. The number of aromatic nitrogens is 2. The highest BCUT2D eigenvalue weighted by molar-refractivity contribution is 6.22. The van der Waals surface area contributed by atoms with Gasteiger partial charge in [-0.15, -0.1) is 0 Å². The summed E-state index contributed by atoms with van der Waals surface area (Å²) in [5, 5.41) is 4.01. The van der Waals surface area contributed by atoms with Crippen molar-refractivity contribution in [1.29, 1.82) is 0 Å². The highest BCUT2D eigenvalue weighted by Crippen LogP contribution is 2.49. The van der Waals surface area contributed by atoms with Crippen molar-refractivity contribution in [3.05, 3.63) is 119 Å². The van der Waals surface area contributed by atoms with E-state index in [1.54, 1.807) is 0 Å². The minimum atomic E-state index is 0.972. The Morgan fingerprint density at radius 3 is 2.23 bits per heavy atom. The fraction of sp³-hybridized carbons (Fsp3) is 0.0606. The van der Waals surface area contributed by atoms with Crippen LogP contribution in [0.2, 0.25) is 0 Å². The van der Waals surface area contributed by atoms with Crippen molar-refractivity contribution in [2.75, 3.05) is 0 Å². The molecule has 2 nitrogen and oxygen atoms in total. The van der Waals surface area contributed by atoms with Crippen molar-refractivity contribution in [3.8, 4) is 22.3 Å². The summed E-state index contributed by atoms with van der Waals surface area (Å²) in [6.07, 6.45) is 1.97. The number of rotatable bonds is 0. The lowest BCUT2D eigenvalue weighted by atomic mass is 9.91. The van der Waals surface area contributed by atoms with Gasteiger partial charge in [0.25, 0.3) is 0 Å². The molecule has 2 heteroatoms. The summed E-state index contributed by atoms with van der Waals surface area (Å²) in [6.45, 7) is 0. The third kappa shape index (κ3) is 2.14. The predicted molar refractivity (Wildman–Crippen MR) is 144 cm³/mol. The average Bonchev–Trinajstić information content (AvgIpc) is 3.59. The number of imidazole rings is 1. The van der Waals surface area contributed by atoms with Crippen LogP contribution in [0.4, 0.5) is 0 Å². The Balaban J connectivity index is 1.58. The van der Waals surface area contributed by atoms with E-state index in [9.17, 15) is 0 Å². The van der Waals surface area contributed by atoms with Gasteiger partial charge in [-0.2, -0.15) is 0 Å². The molecule has 0 radical (unpaired) electrons. The predicted octanol–water partition coefficient (Wildman–Crippen LogP) is 7.94. The van der Waals surface area contributed by atoms with Crippen LogP contribution in [-0.2, 0) is 12.8 Å². The van der Waals surface area contributed by atoms with E-state index in [1.807, 2.05) is 0 Å². The van der Waals surface area contributed by atoms with E-state index in [4.69, 9.17) is 4.98 Å². The molecule has 7 aromatic rings. The molecule has 2 aliphatic carbocycles. The molecule has 0 N–H and O–H groups in total. The van der Waals surface area contributed by atoms with E-state index in [0.717, 1.165) is 24.0 Å². The number of para-hydroxylation sites is 2. The quantitative estimate of drug-likeness (QED) is 0.217. The molecule has 0 bridgehead atoms. The summed E-state index contributed by atoms with van der Waals surface area (Å²) in [7, 11) is 0. The van der Waals surface area contributed by atoms with Gasteiger partial charge in [-0.25, -0.2) is 4.98 Å². The first kappa shape index (κ1) is 18.0. The molecule has 9 rings (SSSR count). The molecule has 0 unspecified atom stereocenters. The van der Waals surface area contributed by atoms with Crippen LogP contribution in [-0.4, -0.2) is 9.38 Å². The zero-order valence-corrected chi connectivity index (χ0v) is 19.0. The first-order valence-corrected chi connectivity index (χ1v) is 12.3. The molecule has 2 aliphatic rings. The molecule has 0 aliphatic heterocycles.